The van der Waals surface area contributed by atoms with E-state index in [2.05, 4.69) is 20.9 Å². The van der Waals surface area contributed by atoms with Gasteiger partial charge < -0.3 is 42.0 Å². The molecule has 0 spiro atoms. The summed E-state index contributed by atoms with van der Waals surface area (Å²) in [5.41, 5.74) is 9.38. The minimum Gasteiger partial charge on any atom is -0.394 e. The van der Waals surface area contributed by atoms with Crippen LogP contribution in [0.3, 0.4) is 0 Å². The van der Waals surface area contributed by atoms with Crippen molar-refractivity contribution in [1.82, 2.24) is 20.9 Å². The average molecular weight is 658 g/mol. The lowest BCUT2D eigenvalue weighted by Crippen LogP contribution is -2.71. The monoisotopic (exact) mass is 657 g/mol. The minimum atomic E-state index is -2.69. The van der Waals surface area contributed by atoms with Gasteiger partial charge in [0, 0.05) is 35.5 Å². The van der Waals surface area contributed by atoms with Crippen LogP contribution in [0.25, 0.3) is 16.5 Å². The molecule has 0 fully saturated rings. The molecule has 1 heterocycles. The Hall–Kier alpha value is -4.29. The largest absolute Gasteiger partial charge is 0.394 e. The van der Waals surface area contributed by atoms with Crippen LogP contribution in [0.5, 0.6) is 0 Å². The van der Waals surface area contributed by atoms with Crippen molar-refractivity contribution in [2.45, 2.75) is 88.7 Å². The third-order valence-electron chi connectivity index (χ3n) is 9.85. The Bertz CT molecular complexity index is 1720. The Morgan fingerprint density at radius 3 is 2.48 bits per heavy atom. The molecule has 9 N–H and O–H groups in total. The van der Waals surface area contributed by atoms with Crippen molar-refractivity contribution in [1.29, 1.82) is 0 Å². The number of para-hydroxylation sites is 1. The molecule has 2 aliphatic rings. The van der Waals surface area contributed by atoms with E-state index in [1.807, 2.05) is 67.6 Å². The van der Waals surface area contributed by atoms with E-state index >= 15 is 0 Å². The fourth-order valence-corrected chi connectivity index (χ4v) is 6.64. The van der Waals surface area contributed by atoms with Crippen LogP contribution < -0.4 is 21.7 Å². The predicted octanol–water partition coefficient (Wildman–Crippen LogP) is 2.35. The maximum atomic E-state index is 14.1. The number of aromatic nitrogens is 1. The van der Waals surface area contributed by atoms with Gasteiger partial charge in [0.25, 0.3) is 0 Å². The Balaban J connectivity index is 1.37. The Morgan fingerprint density at radius 1 is 1.04 bits per heavy atom. The van der Waals surface area contributed by atoms with Gasteiger partial charge in [-0.05, 0) is 80.7 Å². The highest BCUT2D eigenvalue weighted by molar-refractivity contribution is 6.05. The third kappa shape index (κ3) is 7.39. The van der Waals surface area contributed by atoms with E-state index < -0.39 is 47.9 Å². The summed E-state index contributed by atoms with van der Waals surface area (Å²) >= 11 is 0. The smallest absolute Gasteiger partial charge is 0.248 e. The molecule has 0 unspecified atom stereocenters. The van der Waals surface area contributed by atoms with E-state index in [1.165, 1.54) is 6.92 Å². The van der Waals surface area contributed by atoms with Crippen LogP contribution in [-0.2, 0) is 27.2 Å². The van der Waals surface area contributed by atoms with Crippen LogP contribution in [0.4, 0.5) is 0 Å². The zero-order valence-electron chi connectivity index (χ0n) is 27.8. The highest BCUT2D eigenvalue weighted by atomic mass is 16.5. The fraction of sp³-hybridized carbons (Fsp3) is 0.432. The first kappa shape index (κ1) is 35.0. The van der Waals surface area contributed by atoms with Crippen LogP contribution >= 0.6 is 0 Å². The highest BCUT2D eigenvalue weighted by Crippen LogP contribution is 2.33. The molecule has 1 aromatic heterocycles. The first-order valence-corrected chi connectivity index (χ1v) is 16.6. The summed E-state index contributed by atoms with van der Waals surface area (Å²) in [6, 6.07) is 11.9. The zero-order valence-corrected chi connectivity index (χ0v) is 27.8. The zero-order chi connectivity index (χ0) is 34.6. The summed E-state index contributed by atoms with van der Waals surface area (Å²) < 4.78 is 0. The second kappa shape index (κ2) is 14.4. The molecule has 5 atom stereocenters. The molecule has 3 amide bonds. The number of carbonyl (C=O) groups excluding carboxylic acids is 3. The molecule has 11 heteroatoms. The van der Waals surface area contributed by atoms with Crippen LogP contribution in [0, 0.1) is 5.92 Å². The number of hydrogen-bond donors (Lipinski definition) is 8. The molecule has 0 radical (unpaired) electrons. The standard InChI is InChI=1S/C37H47N5O6/c1-22-27-14-8-7-13-25(27)18-29(22)34(45)40-23(2)33(44)41-31(19-26-20-39-30-16-10-9-15-28(26)30)35(46)42-32(17-24-11-5-4-6-12-24)37(47,48)36(3,38)21-43/h5,7-11,13-16,20,23-24,31-32,39,43,47-48H,4,6,12,17-19,21,38H2,1-3H3,(H,40,45)(H,41,44)(H,42,46)/t23-,24+,31+,32+,36+/m1/s1. The molecule has 5 rings (SSSR count). The number of aromatic amines is 1. The molecule has 0 saturated heterocycles. The molecular weight excluding hydrogens is 610 g/mol. The van der Waals surface area contributed by atoms with Gasteiger partial charge in [-0.3, -0.25) is 14.4 Å². The van der Waals surface area contributed by atoms with E-state index in [9.17, 15) is 29.7 Å². The lowest BCUT2D eigenvalue weighted by molar-refractivity contribution is -0.234. The molecule has 11 nitrogen and oxygen atoms in total. The van der Waals surface area contributed by atoms with Gasteiger partial charge in [-0.2, -0.15) is 0 Å². The van der Waals surface area contributed by atoms with E-state index in [0.29, 0.717) is 12.0 Å². The maximum Gasteiger partial charge on any atom is 0.248 e. The van der Waals surface area contributed by atoms with E-state index in [-0.39, 0.29) is 24.7 Å². The van der Waals surface area contributed by atoms with Crippen molar-refractivity contribution in [3.63, 3.8) is 0 Å². The van der Waals surface area contributed by atoms with Crippen LogP contribution in [-0.4, -0.2) is 74.1 Å². The number of rotatable bonds is 13. The summed E-state index contributed by atoms with van der Waals surface area (Å²) in [5, 5.41) is 41.8. The number of nitrogens with one attached hydrogen (secondary N) is 4. The normalized spacial score (nSPS) is 19.3. The maximum absolute atomic E-state index is 14.1. The van der Waals surface area contributed by atoms with Crippen LogP contribution in [0.15, 0.2) is 72.5 Å². The van der Waals surface area contributed by atoms with Crippen molar-refractivity contribution in [3.8, 4) is 0 Å². The Morgan fingerprint density at radius 2 is 1.77 bits per heavy atom. The molecule has 0 saturated carbocycles. The van der Waals surface area contributed by atoms with E-state index in [4.69, 9.17) is 5.73 Å². The number of aliphatic hydroxyl groups is 3. The molecule has 3 aromatic rings. The number of benzene rings is 2. The summed E-state index contributed by atoms with van der Waals surface area (Å²) in [6.45, 7) is 3.99. The van der Waals surface area contributed by atoms with Crippen LogP contribution in [0.2, 0.25) is 0 Å². The molecule has 2 aromatic carbocycles. The average Bonchev–Trinajstić information content (AvgIpc) is 3.64. The summed E-state index contributed by atoms with van der Waals surface area (Å²) in [4.78, 5) is 44.2. The topological polar surface area (TPSA) is 190 Å². The van der Waals surface area contributed by atoms with Gasteiger partial charge in [-0.1, -0.05) is 54.6 Å². The summed E-state index contributed by atoms with van der Waals surface area (Å²) in [7, 11) is 0. The first-order chi connectivity index (χ1) is 22.8. The fourth-order valence-electron chi connectivity index (χ4n) is 6.64. The quantitative estimate of drug-likeness (QED) is 0.102. The lowest BCUT2D eigenvalue weighted by Gasteiger charge is -2.43. The SMILES string of the molecule is CC1=C(C(=O)N[C@H](C)C(=O)N[C@@H](Cc2c[nH]c3ccccc23)C(=O)N[C@@H](C[C@H]2C=CCCC2)C(O)(O)[C@@](C)(N)CO)Cc2ccccc21. The van der Waals surface area contributed by atoms with Gasteiger partial charge in [-0.25, -0.2) is 0 Å². The molecule has 2 aliphatic carbocycles. The van der Waals surface area contributed by atoms with Crippen molar-refractivity contribution < 1.29 is 29.7 Å². The molecule has 0 aliphatic heterocycles. The number of aliphatic hydroxyl groups excluding tert-OH is 1. The number of allylic oxidation sites excluding steroid dienone is 3. The molecule has 0 bridgehead atoms. The van der Waals surface area contributed by atoms with Gasteiger partial charge in [0.2, 0.25) is 23.5 Å². The van der Waals surface area contributed by atoms with Gasteiger partial charge >= 0.3 is 0 Å². The second-order valence-corrected chi connectivity index (χ2v) is 13.5. The first-order valence-electron chi connectivity index (χ1n) is 16.6. The third-order valence-corrected chi connectivity index (χ3v) is 9.85. The predicted molar refractivity (Wildman–Crippen MR) is 184 cm³/mol. The van der Waals surface area contributed by atoms with Gasteiger partial charge in [0.05, 0.1) is 18.2 Å². The Kier molecular flexibility index (Phi) is 10.5. The number of nitrogens with two attached hydrogens (primary N) is 1. The number of amides is 3. The van der Waals surface area contributed by atoms with Gasteiger partial charge in [0.1, 0.15) is 12.1 Å². The number of carbonyl (C=O) groups is 3. The van der Waals surface area contributed by atoms with Crippen molar-refractivity contribution in [3.05, 3.63) is 89.1 Å². The number of fused-ring (bicyclic) bond motifs is 2. The summed E-state index contributed by atoms with van der Waals surface area (Å²) in [6.07, 6.45) is 9.08. The highest BCUT2D eigenvalue weighted by Gasteiger charge is 2.50. The summed E-state index contributed by atoms with van der Waals surface area (Å²) in [5.74, 6) is -4.36. The lowest BCUT2D eigenvalue weighted by atomic mass is 9.80. The van der Waals surface area contributed by atoms with E-state index in [0.717, 1.165) is 52.4 Å². The van der Waals surface area contributed by atoms with E-state index in [1.54, 1.807) is 13.1 Å². The second-order valence-electron chi connectivity index (χ2n) is 13.5. The molecule has 256 valence electrons. The van der Waals surface area contributed by atoms with Crippen molar-refractivity contribution in [2.75, 3.05) is 6.61 Å². The minimum absolute atomic E-state index is 0.0615. The van der Waals surface area contributed by atoms with Crippen LogP contribution in [0.1, 0.15) is 63.1 Å². The van der Waals surface area contributed by atoms with Gasteiger partial charge in [0.15, 0.2) is 0 Å². The Labute approximate surface area is 280 Å². The number of H-pyrrole nitrogens is 1. The molecule has 48 heavy (non-hydrogen) atoms. The number of hydrogen-bond acceptors (Lipinski definition) is 7. The van der Waals surface area contributed by atoms with Gasteiger partial charge in [-0.15, -0.1) is 0 Å². The van der Waals surface area contributed by atoms with Crippen molar-refractivity contribution >= 4 is 34.2 Å². The van der Waals surface area contributed by atoms with Crippen molar-refractivity contribution in [2.24, 2.45) is 11.7 Å². The molecular formula is C37H47N5O6.